The van der Waals surface area contributed by atoms with Crippen molar-refractivity contribution in [3.8, 4) is 0 Å². The van der Waals surface area contributed by atoms with Gasteiger partial charge in [-0.15, -0.1) is 0 Å². The van der Waals surface area contributed by atoms with Crippen molar-refractivity contribution in [2.75, 3.05) is 37.7 Å². The van der Waals surface area contributed by atoms with Crippen molar-refractivity contribution < 1.29 is 38.4 Å². The van der Waals surface area contributed by atoms with Crippen molar-refractivity contribution >= 4 is 74.8 Å². The van der Waals surface area contributed by atoms with E-state index in [0.29, 0.717) is 5.56 Å². The van der Waals surface area contributed by atoms with Gasteiger partial charge >= 0.3 is 0 Å². The molecule has 0 unspecified atom stereocenters. The number of carbonyl (C=O) groups is 8. The van der Waals surface area contributed by atoms with Gasteiger partial charge < -0.3 is 60.2 Å². The number of amides is 8. The van der Waals surface area contributed by atoms with E-state index in [1.807, 2.05) is 0 Å². The zero-order valence-corrected chi connectivity index (χ0v) is 30.8. The summed E-state index contributed by atoms with van der Waals surface area (Å²) in [7, 11) is 2.11. The van der Waals surface area contributed by atoms with Gasteiger partial charge in [0.25, 0.3) is 0 Å². The van der Waals surface area contributed by atoms with Gasteiger partial charge in [0.2, 0.25) is 47.3 Å². The molecule has 0 saturated carbocycles. The van der Waals surface area contributed by atoms with Crippen LogP contribution in [-0.2, 0) is 44.8 Å². The molecule has 0 radical (unpaired) electrons. The predicted octanol–water partition coefficient (Wildman–Crippen LogP) is -4.81. The number of rotatable bonds is 12. The quantitative estimate of drug-likeness (QED) is 0.0411. The Balaban J connectivity index is 2.48. The molecule has 8 amide bonds. The molecule has 1 saturated heterocycles. The molecule has 5 atom stereocenters. The molecule has 0 aliphatic carbocycles. The number of nitrogens with zero attached hydrogens (tertiary/aromatic N) is 1. The lowest BCUT2D eigenvalue weighted by Gasteiger charge is -2.26. The molecule has 1 aliphatic rings. The van der Waals surface area contributed by atoms with Crippen LogP contribution in [0, 0.1) is 0 Å². The van der Waals surface area contributed by atoms with E-state index < -0.39 is 90.6 Å². The van der Waals surface area contributed by atoms with Crippen LogP contribution in [0.15, 0.2) is 35.3 Å². The Kier molecular flexibility index (Phi) is 19.5. The number of benzene rings is 1. The minimum Gasteiger partial charge on any atom is -0.370 e. The summed E-state index contributed by atoms with van der Waals surface area (Å²) >= 11 is 0. The summed E-state index contributed by atoms with van der Waals surface area (Å²) in [5.41, 5.74) is 22.3. The molecule has 53 heavy (non-hydrogen) atoms. The second kappa shape index (κ2) is 23.5. The van der Waals surface area contributed by atoms with Crippen LogP contribution in [-0.4, -0.2) is 121 Å². The Labute approximate surface area is 314 Å². The molecule has 15 N–H and O–H groups in total. The SMILES string of the molecule is CC[C@@H]1NC(=O)CNC(=O)[C@H](Cc2ccccc2)NC(=O)[C@H](CCCN=C(N)N)NC(=O)[C@@H](NC(=O)CNC(=O)CN)CSSC[C@@H](C(N)=O)NC1=O. The highest BCUT2D eigenvalue weighted by Crippen LogP contribution is 2.23. The predicted molar refractivity (Wildman–Crippen MR) is 199 cm³/mol. The highest BCUT2D eigenvalue weighted by atomic mass is 33.1. The number of aliphatic imine (C=N–C) groups is 1. The van der Waals surface area contributed by atoms with Crippen LogP contribution in [0.5, 0.6) is 0 Å². The molecule has 1 aromatic carbocycles. The maximum Gasteiger partial charge on any atom is 0.244 e. The number of hydrogen-bond acceptors (Lipinski definition) is 12. The molecule has 0 bridgehead atoms. The molecular formula is C31H48N12O8S2. The molecule has 2 rings (SSSR count). The van der Waals surface area contributed by atoms with Crippen LogP contribution >= 0.6 is 21.6 Å². The van der Waals surface area contributed by atoms with E-state index in [4.69, 9.17) is 22.9 Å². The first-order valence-corrected chi connectivity index (χ1v) is 19.1. The number of hydrogen-bond donors (Lipinski definition) is 11. The second-order valence-corrected chi connectivity index (χ2v) is 14.2. The van der Waals surface area contributed by atoms with Gasteiger partial charge in [0, 0.05) is 24.5 Å². The summed E-state index contributed by atoms with van der Waals surface area (Å²) in [6.07, 6.45) is 0.365. The lowest BCUT2D eigenvalue weighted by Crippen LogP contribution is -2.58. The zero-order valence-electron chi connectivity index (χ0n) is 29.2. The van der Waals surface area contributed by atoms with Gasteiger partial charge in [0.05, 0.1) is 19.6 Å². The summed E-state index contributed by atoms with van der Waals surface area (Å²) in [6, 6.07) is 2.71. The zero-order chi connectivity index (χ0) is 39.3. The van der Waals surface area contributed by atoms with Gasteiger partial charge in [-0.05, 0) is 24.8 Å². The maximum absolute atomic E-state index is 13.8. The Hall–Kier alpha value is -5.09. The summed E-state index contributed by atoms with van der Waals surface area (Å²) < 4.78 is 0. The minimum absolute atomic E-state index is 0.00392. The molecule has 1 aliphatic heterocycles. The van der Waals surface area contributed by atoms with E-state index in [1.54, 1.807) is 37.3 Å². The van der Waals surface area contributed by atoms with Gasteiger partial charge in [-0.1, -0.05) is 58.8 Å². The fourth-order valence-electron chi connectivity index (χ4n) is 4.64. The van der Waals surface area contributed by atoms with Crippen molar-refractivity contribution in [2.24, 2.45) is 27.9 Å². The third-order valence-corrected chi connectivity index (χ3v) is 9.89. The van der Waals surface area contributed by atoms with Crippen molar-refractivity contribution in [3.05, 3.63) is 35.9 Å². The Morgan fingerprint density at radius 2 is 1.49 bits per heavy atom. The first-order chi connectivity index (χ1) is 25.2. The Morgan fingerprint density at radius 1 is 0.830 bits per heavy atom. The van der Waals surface area contributed by atoms with Crippen molar-refractivity contribution in [2.45, 2.75) is 62.8 Å². The van der Waals surface area contributed by atoms with Crippen molar-refractivity contribution in [1.29, 1.82) is 0 Å². The number of primary amides is 1. The highest BCUT2D eigenvalue weighted by molar-refractivity contribution is 8.76. The normalized spacial score (nSPS) is 22.4. The third-order valence-electron chi connectivity index (χ3n) is 7.47. The first kappa shape index (κ1) is 44.1. The van der Waals surface area contributed by atoms with E-state index in [0.717, 1.165) is 21.6 Å². The number of guanidine groups is 1. The van der Waals surface area contributed by atoms with E-state index in [2.05, 4.69) is 42.2 Å². The van der Waals surface area contributed by atoms with E-state index in [1.165, 1.54) is 0 Å². The summed E-state index contributed by atoms with van der Waals surface area (Å²) in [5.74, 6) is -6.24. The third kappa shape index (κ3) is 16.9. The highest BCUT2D eigenvalue weighted by Gasteiger charge is 2.31. The average Bonchev–Trinajstić information content (AvgIpc) is 3.12. The van der Waals surface area contributed by atoms with Gasteiger partial charge in [-0.3, -0.25) is 43.3 Å². The lowest BCUT2D eigenvalue weighted by molar-refractivity contribution is -0.134. The summed E-state index contributed by atoms with van der Waals surface area (Å²) in [5, 5.41) is 17.6. The molecule has 1 fully saturated rings. The van der Waals surface area contributed by atoms with Crippen LogP contribution in [0.4, 0.5) is 0 Å². The standard InChI is InChI=1S/C31H48N12O8S2/c1-2-18-28(49)43-21(26(33)47)15-52-53-16-22(40-24(45)13-37-23(44)12-32)30(51)41-19(9-6-10-36-31(34)35)29(50)42-20(11-17-7-4-3-5-8-17)27(48)38-14-25(46)39-18/h3-5,7-8,18-22H,2,6,9-16,32H2,1H3,(H2,33,47)(H,37,44)(H,38,48)(H,39,46)(H,40,45)(H,41,51)(H,42,50)(H,43,49)(H4,34,35,36)/t18-,19-,20-,21-,22-/m0/s1. The van der Waals surface area contributed by atoms with Crippen molar-refractivity contribution in [1.82, 2.24) is 37.2 Å². The molecule has 0 spiro atoms. The van der Waals surface area contributed by atoms with Crippen LogP contribution in [0.3, 0.4) is 0 Å². The van der Waals surface area contributed by atoms with Gasteiger partial charge in [-0.2, -0.15) is 0 Å². The smallest absolute Gasteiger partial charge is 0.244 e. The largest absolute Gasteiger partial charge is 0.370 e. The molecule has 22 heteroatoms. The van der Waals surface area contributed by atoms with Crippen LogP contribution in [0.25, 0.3) is 0 Å². The summed E-state index contributed by atoms with van der Waals surface area (Å²) in [4.78, 5) is 107. The topological polar surface area (TPSA) is 337 Å². The molecule has 1 aromatic rings. The van der Waals surface area contributed by atoms with Crippen LogP contribution in [0.2, 0.25) is 0 Å². The van der Waals surface area contributed by atoms with E-state index >= 15 is 0 Å². The first-order valence-electron chi connectivity index (χ1n) is 16.6. The van der Waals surface area contributed by atoms with E-state index in [-0.39, 0.29) is 56.2 Å². The Morgan fingerprint density at radius 3 is 2.13 bits per heavy atom. The van der Waals surface area contributed by atoms with Crippen LogP contribution < -0.4 is 60.2 Å². The monoisotopic (exact) mass is 780 g/mol. The minimum atomic E-state index is -1.28. The Bertz CT molecular complexity index is 1480. The van der Waals surface area contributed by atoms with E-state index in [9.17, 15) is 38.4 Å². The van der Waals surface area contributed by atoms with Gasteiger partial charge in [0.1, 0.15) is 30.2 Å². The molecule has 292 valence electrons. The van der Waals surface area contributed by atoms with Crippen LogP contribution in [0.1, 0.15) is 31.7 Å². The molecule has 1 heterocycles. The summed E-state index contributed by atoms with van der Waals surface area (Å²) in [6.45, 7) is 0.315. The fourth-order valence-corrected chi connectivity index (χ4v) is 6.98. The molecule has 0 aromatic heterocycles. The van der Waals surface area contributed by atoms with Gasteiger partial charge in [0.15, 0.2) is 5.96 Å². The van der Waals surface area contributed by atoms with Gasteiger partial charge in [-0.25, -0.2) is 0 Å². The number of carbonyl (C=O) groups excluding carboxylic acids is 8. The van der Waals surface area contributed by atoms with Crippen molar-refractivity contribution in [3.63, 3.8) is 0 Å². The number of nitrogens with two attached hydrogens (primary N) is 4. The lowest BCUT2D eigenvalue weighted by atomic mass is 10.0. The second-order valence-electron chi connectivity index (χ2n) is 11.6. The molecular weight excluding hydrogens is 733 g/mol. The molecule has 20 nitrogen and oxygen atoms in total. The fraction of sp³-hybridized carbons (Fsp3) is 0.516. The maximum atomic E-state index is 13.8. The average molecular weight is 781 g/mol. The number of nitrogens with one attached hydrogen (secondary N) is 7.